The maximum atomic E-state index is 13.0. The summed E-state index contributed by atoms with van der Waals surface area (Å²) in [4.78, 5) is 27.4. The molecule has 7 heteroatoms. The molecule has 1 aromatic carbocycles. The predicted octanol–water partition coefficient (Wildman–Crippen LogP) is 3.12. The lowest BCUT2D eigenvalue weighted by Gasteiger charge is -2.35. The number of benzene rings is 1. The van der Waals surface area contributed by atoms with Gasteiger partial charge in [0, 0.05) is 29.7 Å². The van der Waals surface area contributed by atoms with Crippen LogP contribution in [0.4, 0.5) is 0 Å². The maximum absolute atomic E-state index is 13.0. The number of rotatable bonds is 6. The molecule has 146 valence electrons. The Morgan fingerprint density at radius 2 is 1.92 bits per heavy atom. The Morgan fingerprint density at radius 3 is 2.50 bits per heavy atom. The van der Waals surface area contributed by atoms with Crippen molar-refractivity contribution in [2.45, 2.75) is 45.2 Å². The van der Waals surface area contributed by atoms with Crippen molar-refractivity contribution < 1.29 is 9.59 Å². The zero-order chi connectivity index (χ0) is 18.4. The topological polar surface area (TPSA) is 61.4 Å². The molecule has 1 aromatic rings. The summed E-state index contributed by atoms with van der Waals surface area (Å²) >= 11 is 5.87. The van der Waals surface area contributed by atoms with E-state index in [4.69, 9.17) is 11.6 Å². The smallest absolute Gasteiger partial charge is 0.251 e. The van der Waals surface area contributed by atoms with Crippen LogP contribution in [0.5, 0.6) is 0 Å². The molecule has 1 fully saturated rings. The highest BCUT2D eigenvalue weighted by Crippen LogP contribution is 2.15. The number of nitrogens with zero attached hydrogens (tertiary/aromatic N) is 1. The second-order valence-electron chi connectivity index (χ2n) is 7.07. The van der Waals surface area contributed by atoms with Gasteiger partial charge in [-0.2, -0.15) is 0 Å². The first kappa shape index (κ1) is 22.7. The van der Waals surface area contributed by atoms with E-state index in [1.807, 2.05) is 11.9 Å². The average molecular weight is 402 g/mol. The largest absolute Gasteiger partial charge is 0.340 e. The van der Waals surface area contributed by atoms with Gasteiger partial charge in [-0.15, -0.1) is 12.4 Å². The summed E-state index contributed by atoms with van der Waals surface area (Å²) in [6.07, 6.45) is 2.68. The summed E-state index contributed by atoms with van der Waals surface area (Å²) < 4.78 is 0. The van der Waals surface area contributed by atoms with Gasteiger partial charge < -0.3 is 15.5 Å². The fourth-order valence-electron chi connectivity index (χ4n) is 3.17. The number of piperidine rings is 1. The second-order valence-corrected chi connectivity index (χ2v) is 7.51. The van der Waals surface area contributed by atoms with E-state index >= 15 is 0 Å². The van der Waals surface area contributed by atoms with E-state index in [0.717, 1.165) is 19.4 Å². The molecule has 0 bridgehead atoms. The number of likely N-dealkylation sites (N-methyl/N-ethyl adjacent to an activating group) is 1. The molecule has 1 aliphatic rings. The van der Waals surface area contributed by atoms with Gasteiger partial charge in [-0.25, -0.2) is 0 Å². The van der Waals surface area contributed by atoms with E-state index < -0.39 is 6.04 Å². The minimum Gasteiger partial charge on any atom is -0.340 e. The summed E-state index contributed by atoms with van der Waals surface area (Å²) in [6.45, 7) is 5.56. The van der Waals surface area contributed by atoms with Gasteiger partial charge >= 0.3 is 0 Å². The number of hydrogen-bond donors (Lipinski definition) is 2. The van der Waals surface area contributed by atoms with Crippen molar-refractivity contribution in [2.24, 2.45) is 5.92 Å². The van der Waals surface area contributed by atoms with E-state index in [1.165, 1.54) is 0 Å². The summed E-state index contributed by atoms with van der Waals surface area (Å²) in [5.41, 5.74) is 0.512. The lowest BCUT2D eigenvalue weighted by atomic mass is 9.99. The summed E-state index contributed by atoms with van der Waals surface area (Å²) in [7, 11) is 1.92. The average Bonchev–Trinajstić information content (AvgIpc) is 2.60. The molecule has 0 aliphatic carbocycles. The Morgan fingerprint density at radius 1 is 1.27 bits per heavy atom. The molecule has 2 amide bonds. The molecule has 0 aromatic heterocycles. The first-order valence-electron chi connectivity index (χ1n) is 8.93. The van der Waals surface area contributed by atoms with E-state index in [1.54, 1.807) is 24.3 Å². The van der Waals surface area contributed by atoms with Gasteiger partial charge in [0.15, 0.2) is 0 Å². The summed E-state index contributed by atoms with van der Waals surface area (Å²) in [6, 6.07) is 6.53. The van der Waals surface area contributed by atoms with Crippen LogP contribution in [-0.4, -0.2) is 48.9 Å². The highest BCUT2D eigenvalue weighted by atomic mass is 35.5. The van der Waals surface area contributed by atoms with Gasteiger partial charge in [-0.05, 0) is 56.5 Å². The van der Waals surface area contributed by atoms with Crippen molar-refractivity contribution in [3.05, 3.63) is 34.9 Å². The monoisotopic (exact) mass is 401 g/mol. The Labute approximate surface area is 167 Å². The highest BCUT2D eigenvalue weighted by molar-refractivity contribution is 6.30. The molecular formula is C19H29Cl2N3O2. The van der Waals surface area contributed by atoms with Crippen LogP contribution in [0.15, 0.2) is 24.3 Å². The summed E-state index contributed by atoms with van der Waals surface area (Å²) in [5, 5.41) is 6.75. The van der Waals surface area contributed by atoms with E-state index in [9.17, 15) is 9.59 Å². The van der Waals surface area contributed by atoms with Gasteiger partial charge in [0.2, 0.25) is 5.91 Å². The first-order chi connectivity index (χ1) is 11.9. The Hall–Kier alpha value is -1.30. The van der Waals surface area contributed by atoms with Crippen LogP contribution in [0.25, 0.3) is 0 Å². The minimum atomic E-state index is -0.501. The molecule has 2 N–H and O–H groups in total. The molecule has 1 saturated heterocycles. The highest BCUT2D eigenvalue weighted by Gasteiger charge is 2.30. The number of hydrogen-bond acceptors (Lipinski definition) is 3. The zero-order valence-electron chi connectivity index (χ0n) is 15.6. The number of carbonyl (C=O) groups is 2. The van der Waals surface area contributed by atoms with Crippen molar-refractivity contribution in [3.8, 4) is 0 Å². The van der Waals surface area contributed by atoms with Crippen molar-refractivity contribution in [1.29, 1.82) is 0 Å². The molecule has 5 nitrogen and oxygen atoms in total. The van der Waals surface area contributed by atoms with Gasteiger partial charge in [0.05, 0.1) is 0 Å². The van der Waals surface area contributed by atoms with Gasteiger partial charge in [0.25, 0.3) is 5.91 Å². The second kappa shape index (κ2) is 10.8. The lowest BCUT2D eigenvalue weighted by Crippen LogP contribution is -2.54. The summed E-state index contributed by atoms with van der Waals surface area (Å²) in [5.74, 6) is 0.0816. The molecule has 0 saturated carbocycles. The third-order valence-electron chi connectivity index (χ3n) is 4.56. The number of halogens is 2. The fourth-order valence-corrected chi connectivity index (χ4v) is 3.30. The number of amides is 2. The van der Waals surface area contributed by atoms with Crippen LogP contribution in [0, 0.1) is 5.92 Å². The van der Waals surface area contributed by atoms with E-state index in [2.05, 4.69) is 24.5 Å². The lowest BCUT2D eigenvalue weighted by molar-refractivity contribution is -0.135. The van der Waals surface area contributed by atoms with Crippen LogP contribution in [-0.2, 0) is 4.79 Å². The Bertz CT molecular complexity index is 593. The third kappa shape index (κ3) is 6.45. The van der Waals surface area contributed by atoms with Crippen LogP contribution in [0.3, 0.4) is 0 Å². The molecular weight excluding hydrogens is 373 g/mol. The minimum absolute atomic E-state index is 0. The van der Waals surface area contributed by atoms with Crippen molar-refractivity contribution in [1.82, 2.24) is 15.5 Å². The van der Waals surface area contributed by atoms with E-state index in [-0.39, 0.29) is 24.2 Å². The number of likely N-dealkylation sites (tertiary alicyclic amines) is 1. The normalized spacial score (nSPS) is 18.2. The van der Waals surface area contributed by atoms with Crippen molar-refractivity contribution in [2.75, 3.05) is 20.1 Å². The molecule has 26 heavy (non-hydrogen) atoms. The van der Waals surface area contributed by atoms with Crippen molar-refractivity contribution in [3.63, 3.8) is 0 Å². The van der Waals surface area contributed by atoms with E-state index in [0.29, 0.717) is 35.5 Å². The number of nitrogens with one attached hydrogen (secondary N) is 2. The SMILES string of the molecule is CNC1CCCN(C(=O)C(CC(C)C)NC(=O)c2ccc(Cl)cc2)C1.Cl. The van der Waals surface area contributed by atoms with Crippen LogP contribution in [0.2, 0.25) is 5.02 Å². The molecule has 2 atom stereocenters. The van der Waals surface area contributed by atoms with Crippen LogP contribution >= 0.6 is 24.0 Å². The first-order valence-corrected chi connectivity index (χ1v) is 9.31. The Balaban J connectivity index is 0.00000338. The van der Waals surface area contributed by atoms with Crippen LogP contribution in [0.1, 0.15) is 43.5 Å². The quantitative estimate of drug-likeness (QED) is 0.769. The van der Waals surface area contributed by atoms with Gasteiger partial charge in [-0.3, -0.25) is 9.59 Å². The van der Waals surface area contributed by atoms with Crippen molar-refractivity contribution >= 4 is 35.8 Å². The molecule has 1 aliphatic heterocycles. The zero-order valence-corrected chi connectivity index (χ0v) is 17.2. The Kier molecular flexibility index (Phi) is 9.41. The number of carbonyl (C=O) groups excluding carboxylic acids is 2. The molecule has 0 spiro atoms. The fraction of sp³-hybridized carbons (Fsp3) is 0.579. The standard InChI is InChI=1S/C19H28ClN3O2.ClH/c1-13(2)11-17(19(25)23-10-4-5-16(12-23)21-3)22-18(24)14-6-8-15(20)9-7-14;/h6-9,13,16-17,21H,4-5,10-12H2,1-3H3,(H,22,24);1H. The molecule has 1 heterocycles. The molecule has 2 rings (SSSR count). The van der Waals surface area contributed by atoms with Crippen LogP contribution < -0.4 is 10.6 Å². The van der Waals surface area contributed by atoms with Gasteiger partial charge in [-0.1, -0.05) is 25.4 Å². The molecule has 0 radical (unpaired) electrons. The maximum Gasteiger partial charge on any atom is 0.251 e. The predicted molar refractivity (Wildman–Crippen MR) is 108 cm³/mol. The third-order valence-corrected chi connectivity index (χ3v) is 4.81. The van der Waals surface area contributed by atoms with Gasteiger partial charge in [0.1, 0.15) is 6.04 Å². The molecule has 2 unspecified atom stereocenters.